The maximum absolute atomic E-state index is 13.0. The first-order valence-corrected chi connectivity index (χ1v) is 12.7. The molecule has 6 nitrogen and oxygen atoms in total. The van der Waals surface area contributed by atoms with Gasteiger partial charge in [0.25, 0.3) is 0 Å². The maximum Gasteiger partial charge on any atom is 0.321 e. The summed E-state index contributed by atoms with van der Waals surface area (Å²) in [5.41, 5.74) is 4.82. The van der Waals surface area contributed by atoms with Crippen LogP contribution in [0, 0.1) is 0 Å². The van der Waals surface area contributed by atoms with E-state index in [-0.39, 0.29) is 16.7 Å². The molecule has 3 aromatic rings. The Morgan fingerprint density at radius 3 is 2.45 bits per heavy atom. The Labute approximate surface area is 195 Å². The summed E-state index contributed by atoms with van der Waals surface area (Å²) in [7, 11) is -1.78. The fraction of sp³-hybridized carbons (Fsp3) is 0.269. The second-order valence-corrected chi connectivity index (χ2v) is 10.6. The summed E-state index contributed by atoms with van der Waals surface area (Å²) in [6, 6.07) is 22.1. The van der Waals surface area contributed by atoms with Gasteiger partial charge < -0.3 is 15.5 Å². The third-order valence-corrected chi connectivity index (χ3v) is 7.57. The molecule has 1 unspecified atom stereocenters. The second kappa shape index (κ2) is 9.77. The second-order valence-electron chi connectivity index (χ2n) is 8.64. The third kappa shape index (κ3) is 5.80. The molecule has 0 spiro atoms. The van der Waals surface area contributed by atoms with Crippen molar-refractivity contribution in [1.82, 2.24) is 10.2 Å². The van der Waals surface area contributed by atoms with Crippen LogP contribution in [0.25, 0.3) is 0 Å². The van der Waals surface area contributed by atoms with Gasteiger partial charge in [-0.2, -0.15) is 0 Å². The monoisotopic (exact) mass is 463 g/mol. The molecule has 0 saturated heterocycles. The van der Waals surface area contributed by atoms with Gasteiger partial charge in [0, 0.05) is 31.9 Å². The number of anilines is 1. The average Bonchev–Trinajstić information content (AvgIpc) is 2.79. The molecule has 3 aromatic carbocycles. The predicted octanol–water partition coefficient (Wildman–Crippen LogP) is 4.36. The highest BCUT2D eigenvalue weighted by molar-refractivity contribution is 7.90. The summed E-state index contributed by atoms with van der Waals surface area (Å²) < 4.78 is 25.9. The lowest BCUT2D eigenvalue weighted by molar-refractivity contribution is 0.220. The fourth-order valence-electron chi connectivity index (χ4n) is 4.01. The number of hydrogen-bond acceptors (Lipinski definition) is 4. The van der Waals surface area contributed by atoms with Crippen LogP contribution in [0.1, 0.15) is 29.2 Å². The van der Waals surface area contributed by atoms with Gasteiger partial charge in [0.2, 0.25) is 0 Å². The van der Waals surface area contributed by atoms with Gasteiger partial charge in [-0.1, -0.05) is 48.5 Å². The van der Waals surface area contributed by atoms with E-state index in [9.17, 15) is 13.2 Å². The summed E-state index contributed by atoms with van der Waals surface area (Å²) in [5, 5.41) is 6.23. The van der Waals surface area contributed by atoms with E-state index in [2.05, 4.69) is 17.6 Å². The number of rotatable bonds is 6. The number of amides is 2. The predicted molar refractivity (Wildman–Crippen MR) is 131 cm³/mol. The lowest BCUT2D eigenvalue weighted by Gasteiger charge is -2.23. The molecule has 2 amide bonds. The maximum atomic E-state index is 13.0. The number of nitrogens with zero attached hydrogens (tertiary/aromatic N) is 1. The summed E-state index contributed by atoms with van der Waals surface area (Å²) in [6.45, 7) is 3.43. The average molecular weight is 464 g/mol. The SMILES string of the molecule is CC1Cc2cc(CS(=O)(=O)c3ccc(NC(=O)N(C)Cc4ccccc4)cc3)ccc2CN1. The Balaban J connectivity index is 1.40. The van der Waals surface area contributed by atoms with Crippen molar-refractivity contribution in [2.45, 2.75) is 43.1 Å². The number of hydrogen-bond donors (Lipinski definition) is 2. The van der Waals surface area contributed by atoms with E-state index in [1.807, 2.05) is 48.5 Å². The van der Waals surface area contributed by atoms with Crippen LogP contribution in [0.4, 0.5) is 10.5 Å². The van der Waals surface area contributed by atoms with E-state index in [1.54, 1.807) is 36.2 Å². The molecule has 172 valence electrons. The van der Waals surface area contributed by atoms with Crippen molar-refractivity contribution in [3.8, 4) is 0 Å². The van der Waals surface area contributed by atoms with Crippen molar-refractivity contribution >= 4 is 21.6 Å². The van der Waals surface area contributed by atoms with Crippen molar-refractivity contribution in [1.29, 1.82) is 0 Å². The van der Waals surface area contributed by atoms with Crippen molar-refractivity contribution < 1.29 is 13.2 Å². The highest BCUT2D eigenvalue weighted by atomic mass is 32.2. The van der Waals surface area contributed by atoms with Crippen LogP contribution in [0.5, 0.6) is 0 Å². The minimum atomic E-state index is -3.49. The molecule has 0 fully saturated rings. The van der Waals surface area contributed by atoms with Crippen LogP contribution in [0.2, 0.25) is 0 Å². The minimum Gasteiger partial charge on any atom is -0.323 e. The molecule has 1 aliphatic rings. The van der Waals surface area contributed by atoms with Crippen LogP contribution in [-0.2, 0) is 35.1 Å². The third-order valence-electron chi connectivity index (χ3n) is 5.87. The Hall–Kier alpha value is -3.16. The smallest absolute Gasteiger partial charge is 0.321 e. The Bertz CT molecular complexity index is 1230. The molecule has 7 heteroatoms. The van der Waals surface area contributed by atoms with Gasteiger partial charge in [0.05, 0.1) is 10.6 Å². The highest BCUT2D eigenvalue weighted by Gasteiger charge is 2.19. The van der Waals surface area contributed by atoms with Crippen molar-refractivity contribution in [3.05, 3.63) is 95.1 Å². The topological polar surface area (TPSA) is 78.5 Å². The van der Waals surface area contributed by atoms with Crippen molar-refractivity contribution in [2.75, 3.05) is 12.4 Å². The van der Waals surface area contributed by atoms with E-state index in [0.717, 1.165) is 24.1 Å². The molecule has 0 aromatic heterocycles. The molecular formula is C26H29N3O3S. The van der Waals surface area contributed by atoms with Crippen molar-refractivity contribution in [2.24, 2.45) is 0 Å². The van der Waals surface area contributed by atoms with Crippen molar-refractivity contribution in [3.63, 3.8) is 0 Å². The molecule has 0 bridgehead atoms. The molecule has 4 rings (SSSR count). The van der Waals surface area contributed by atoms with Gasteiger partial charge in [0.15, 0.2) is 9.84 Å². The van der Waals surface area contributed by atoms with Gasteiger partial charge in [-0.3, -0.25) is 0 Å². The highest BCUT2D eigenvalue weighted by Crippen LogP contribution is 2.23. The Morgan fingerprint density at radius 2 is 1.73 bits per heavy atom. The molecule has 2 N–H and O–H groups in total. The van der Waals surface area contributed by atoms with Gasteiger partial charge in [-0.25, -0.2) is 13.2 Å². The van der Waals surface area contributed by atoms with Crippen LogP contribution in [0.15, 0.2) is 77.7 Å². The molecule has 1 heterocycles. The van der Waals surface area contributed by atoms with Crippen LogP contribution < -0.4 is 10.6 Å². The van der Waals surface area contributed by atoms with Gasteiger partial charge >= 0.3 is 6.03 Å². The standard InChI is InChI=1S/C26H29N3O3S/c1-19-14-23-15-21(8-9-22(23)16-27-19)18-33(31,32)25-12-10-24(11-13-25)28-26(30)29(2)17-20-6-4-3-5-7-20/h3-13,15,19,27H,14,16-18H2,1-2H3,(H,28,30). The van der Waals surface area contributed by atoms with Gasteiger partial charge in [-0.05, 0) is 59.9 Å². The molecule has 1 aliphatic heterocycles. The Kier molecular flexibility index (Phi) is 6.81. The zero-order valence-electron chi connectivity index (χ0n) is 18.9. The molecular weight excluding hydrogens is 434 g/mol. The lowest BCUT2D eigenvalue weighted by atomic mass is 9.95. The fourth-order valence-corrected chi connectivity index (χ4v) is 5.35. The normalized spacial score (nSPS) is 15.5. The number of carbonyl (C=O) groups is 1. The van der Waals surface area contributed by atoms with E-state index in [0.29, 0.717) is 18.3 Å². The first kappa shape index (κ1) is 23.0. The molecule has 33 heavy (non-hydrogen) atoms. The number of benzene rings is 3. The van der Waals surface area contributed by atoms with Gasteiger partial charge in [0.1, 0.15) is 0 Å². The zero-order valence-corrected chi connectivity index (χ0v) is 19.7. The minimum absolute atomic E-state index is 0.0480. The number of urea groups is 1. The molecule has 0 radical (unpaired) electrons. The Morgan fingerprint density at radius 1 is 1.00 bits per heavy atom. The zero-order chi connectivity index (χ0) is 23.4. The van der Waals surface area contributed by atoms with E-state index >= 15 is 0 Å². The van der Waals surface area contributed by atoms with Crippen LogP contribution >= 0.6 is 0 Å². The molecule has 0 aliphatic carbocycles. The summed E-state index contributed by atoms with van der Waals surface area (Å²) in [6.07, 6.45) is 0.899. The summed E-state index contributed by atoms with van der Waals surface area (Å²) >= 11 is 0. The number of fused-ring (bicyclic) bond motifs is 1. The molecule has 0 saturated carbocycles. The number of sulfone groups is 1. The first-order valence-electron chi connectivity index (χ1n) is 11.0. The first-order chi connectivity index (χ1) is 15.8. The van der Waals surface area contributed by atoms with Crippen LogP contribution in [-0.4, -0.2) is 32.4 Å². The van der Waals surface area contributed by atoms with Crippen LogP contribution in [0.3, 0.4) is 0 Å². The summed E-state index contributed by atoms with van der Waals surface area (Å²) in [4.78, 5) is 14.3. The largest absolute Gasteiger partial charge is 0.323 e. The molecule has 1 atom stereocenters. The quantitative estimate of drug-likeness (QED) is 0.569. The van der Waals surface area contributed by atoms with E-state index < -0.39 is 9.84 Å². The number of carbonyl (C=O) groups excluding carboxylic acids is 1. The van der Waals surface area contributed by atoms with E-state index in [1.165, 1.54) is 11.1 Å². The number of nitrogens with one attached hydrogen (secondary N) is 2. The van der Waals surface area contributed by atoms with E-state index in [4.69, 9.17) is 0 Å². The van der Waals surface area contributed by atoms with Gasteiger partial charge in [-0.15, -0.1) is 0 Å². The lowest BCUT2D eigenvalue weighted by Crippen LogP contribution is -2.32. The summed E-state index contributed by atoms with van der Waals surface area (Å²) in [5.74, 6) is -0.0480.